The number of halogens is 1. The second-order valence-corrected chi connectivity index (χ2v) is 12.7. The molecule has 0 aliphatic heterocycles. The van der Waals surface area contributed by atoms with Gasteiger partial charge in [0.1, 0.15) is 11.8 Å². The molecule has 0 spiro atoms. The predicted octanol–water partition coefficient (Wildman–Crippen LogP) is 4.13. The number of carbonyl (C=O) groups is 2. The van der Waals surface area contributed by atoms with E-state index < -0.39 is 33.4 Å². The van der Waals surface area contributed by atoms with Gasteiger partial charge in [-0.2, -0.15) is 5.16 Å². The maximum atomic E-state index is 13.4. The zero-order valence-corrected chi connectivity index (χ0v) is 20.5. The van der Waals surface area contributed by atoms with E-state index in [2.05, 4.69) is 29.2 Å². The summed E-state index contributed by atoms with van der Waals surface area (Å²) in [4.78, 5) is 39.9. The number of amides is 2. The van der Waals surface area contributed by atoms with Crippen molar-refractivity contribution in [3.63, 3.8) is 0 Å². The van der Waals surface area contributed by atoms with Crippen LogP contribution in [0.3, 0.4) is 0 Å². The Morgan fingerprint density at radius 1 is 1.12 bits per heavy atom. The third kappa shape index (κ3) is 5.61. The molecule has 0 saturated heterocycles. The van der Waals surface area contributed by atoms with Gasteiger partial charge in [0.25, 0.3) is 17.4 Å². The molecule has 2 N–H and O–H groups in total. The lowest BCUT2D eigenvalue weighted by molar-refractivity contribution is -0.120. The Morgan fingerprint density at radius 2 is 1.79 bits per heavy atom. The summed E-state index contributed by atoms with van der Waals surface area (Å²) in [5.74, 6) is -0.681. The second kappa shape index (κ2) is 9.76. The van der Waals surface area contributed by atoms with Crippen LogP contribution in [0.2, 0.25) is 5.02 Å². The summed E-state index contributed by atoms with van der Waals surface area (Å²) in [6, 6.07) is 12.2. The molecule has 0 aliphatic rings. The highest BCUT2D eigenvalue weighted by atomic mass is 35.5. The summed E-state index contributed by atoms with van der Waals surface area (Å²) in [6.45, 7) is 0. The van der Waals surface area contributed by atoms with Gasteiger partial charge in [-0.3, -0.25) is 14.4 Å². The molecular formula is C23H26ClN3O5S. The number of nitrogens with one attached hydrogen (secondary N) is 2. The van der Waals surface area contributed by atoms with E-state index in [0.717, 1.165) is 11.0 Å². The zero-order chi connectivity index (χ0) is 24.3. The molecule has 0 aliphatic carbocycles. The van der Waals surface area contributed by atoms with Crippen molar-refractivity contribution in [3.8, 4) is 5.75 Å². The van der Waals surface area contributed by atoms with Crippen molar-refractivity contribution >= 4 is 39.1 Å². The molecule has 1 aromatic heterocycles. The lowest BCUT2D eigenvalue weighted by Crippen LogP contribution is -2.38. The average Bonchev–Trinajstić information content (AvgIpc) is 3.19. The minimum atomic E-state index is -1.05. The van der Waals surface area contributed by atoms with Crippen molar-refractivity contribution in [1.29, 1.82) is 0 Å². The highest BCUT2D eigenvalue weighted by molar-refractivity contribution is 8.32. The van der Waals surface area contributed by atoms with Crippen molar-refractivity contribution in [3.05, 3.63) is 75.2 Å². The van der Waals surface area contributed by atoms with E-state index in [4.69, 9.17) is 20.9 Å². The molecular weight excluding hydrogens is 466 g/mol. The van der Waals surface area contributed by atoms with Crippen LogP contribution in [0.4, 0.5) is 5.69 Å². The Morgan fingerprint density at radius 3 is 2.30 bits per heavy atom. The number of benzene rings is 2. The largest absolute Gasteiger partial charge is 0.497 e. The molecule has 0 radical (unpaired) electrons. The number of H-pyrrole nitrogens is 1. The fourth-order valence-electron chi connectivity index (χ4n) is 3.30. The second-order valence-electron chi connectivity index (χ2n) is 8.14. The zero-order valence-electron chi connectivity index (χ0n) is 19.0. The predicted molar refractivity (Wildman–Crippen MR) is 131 cm³/mol. The molecule has 0 fully saturated rings. The molecule has 8 nitrogen and oxygen atoms in total. The van der Waals surface area contributed by atoms with Crippen molar-refractivity contribution in [2.24, 2.45) is 0 Å². The van der Waals surface area contributed by atoms with Gasteiger partial charge < -0.3 is 19.5 Å². The molecule has 10 heteroatoms. The molecule has 0 saturated carbocycles. The summed E-state index contributed by atoms with van der Waals surface area (Å²) in [5.41, 5.74) is 0.502. The van der Waals surface area contributed by atoms with Crippen molar-refractivity contribution < 1.29 is 18.8 Å². The Labute approximate surface area is 198 Å². The van der Waals surface area contributed by atoms with Gasteiger partial charge in [-0.15, -0.1) is 0 Å². The van der Waals surface area contributed by atoms with E-state index >= 15 is 0 Å². The number of aromatic nitrogens is 1. The number of aromatic amines is 1. The van der Waals surface area contributed by atoms with Gasteiger partial charge in [-0.1, -0.05) is 23.7 Å². The van der Waals surface area contributed by atoms with E-state index in [9.17, 15) is 14.4 Å². The molecule has 3 rings (SSSR count). The number of carbonyl (C=O) groups excluding carboxylic acids is 2. The van der Waals surface area contributed by atoms with E-state index in [1.165, 1.54) is 19.1 Å². The van der Waals surface area contributed by atoms with Crippen molar-refractivity contribution in [1.82, 2.24) is 10.1 Å². The molecule has 1 unspecified atom stereocenters. The number of hydrogen-bond donors (Lipinski definition) is 2. The van der Waals surface area contributed by atoms with Crippen LogP contribution >= 0.6 is 21.6 Å². The maximum Gasteiger partial charge on any atom is 0.293 e. The molecule has 3 aromatic rings. The first-order valence-electron chi connectivity index (χ1n) is 9.89. The van der Waals surface area contributed by atoms with Gasteiger partial charge in [0, 0.05) is 17.6 Å². The third-order valence-electron chi connectivity index (χ3n) is 4.98. The standard InChI is InChI=1S/C23H26ClN3O5S/c1-27(23(30)18-13-20(28)26-32-18)21(14-6-9-16(31-2)10-7-14)22(29)25-15-8-11-19(17(24)12-15)33(3,4)5/h6-13,21H,1-5H3,(H,25,29)(H,26,28). The summed E-state index contributed by atoms with van der Waals surface area (Å²) in [5, 5.41) is 5.49. The molecule has 2 amide bonds. The smallest absolute Gasteiger partial charge is 0.293 e. The van der Waals surface area contributed by atoms with Gasteiger partial charge >= 0.3 is 0 Å². The highest BCUT2D eigenvalue weighted by Crippen LogP contribution is 2.49. The summed E-state index contributed by atoms with van der Waals surface area (Å²) in [7, 11) is 1.95. The monoisotopic (exact) mass is 491 g/mol. The summed E-state index contributed by atoms with van der Waals surface area (Å²) >= 11 is 6.47. The Hall–Kier alpha value is -3.17. The number of nitrogens with zero attached hydrogens (tertiary/aromatic N) is 1. The number of likely N-dealkylation sites (N-methyl/N-ethyl adjacent to an activating group) is 1. The topological polar surface area (TPSA) is 105 Å². The molecule has 1 heterocycles. The average molecular weight is 492 g/mol. The van der Waals surface area contributed by atoms with E-state index in [1.807, 2.05) is 6.07 Å². The Kier molecular flexibility index (Phi) is 7.24. The van der Waals surface area contributed by atoms with Crippen LogP contribution in [0.1, 0.15) is 22.2 Å². The first-order chi connectivity index (χ1) is 15.5. The van der Waals surface area contributed by atoms with E-state index in [0.29, 0.717) is 22.0 Å². The number of methoxy groups -OCH3 is 1. The van der Waals surface area contributed by atoms with Crippen LogP contribution in [0.15, 0.2) is 62.7 Å². The Balaban J connectivity index is 1.94. The fourth-order valence-corrected chi connectivity index (χ4v) is 5.30. The van der Waals surface area contributed by atoms with Gasteiger partial charge in [0.2, 0.25) is 5.76 Å². The van der Waals surface area contributed by atoms with Crippen LogP contribution in [-0.2, 0) is 4.79 Å². The van der Waals surface area contributed by atoms with Gasteiger partial charge in [-0.25, -0.2) is 10.0 Å². The molecule has 176 valence electrons. The van der Waals surface area contributed by atoms with Gasteiger partial charge in [-0.05, 0) is 54.7 Å². The van der Waals surface area contributed by atoms with Crippen LogP contribution in [-0.4, -0.2) is 54.8 Å². The van der Waals surface area contributed by atoms with Gasteiger partial charge in [0.15, 0.2) is 0 Å². The normalized spacial score (nSPS) is 12.7. The van der Waals surface area contributed by atoms with Crippen LogP contribution < -0.4 is 15.6 Å². The first-order valence-corrected chi connectivity index (χ1v) is 13.1. The molecule has 0 bridgehead atoms. The van der Waals surface area contributed by atoms with E-state index in [1.54, 1.807) is 36.4 Å². The Bertz CT molecular complexity index is 1210. The van der Waals surface area contributed by atoms with Crippen LogP contribution in [0, 0.1) is 0 Å². The molecule has 1 atom stereocenters. The first kappa shape index (κ1) is 24.5. The number of hydrogen-bond acceptors (Lipinski definition) is 5. The minimum Gasteiger partial charge on any atom is -0.497 e. The van der Waals surface area contributed by atoms with Crippen LogP contribution in [0.5, 0.6) is 5.75 Å². The summed E-state index contributed by atoms with van der Waals surface area (Å²) < 4.78 is 10.1. The number of anilines is 1. The molecule has 33 heavy (non-hydrogen) atoms. The van der Waals surface area contributed by atoms with Gasteiger partial charge in [0.05, 0.1) is 18.2 Å². The SMILES string of the molecule is COc1ccc(C(C(=O)Nc2ccc(S(C)(C)C)c(Cl)c2)N(C)C(=O)c2cc(=O)[nH]o2)cc1. The molecule has 2 aromatic carbocycles. The number of rotatable bonds is 7. The fraction of sp³-hybridized carbons (Fsp3) is 0.261. The number of ether oxygens (including phenoxy) is 1. The van der Waals surface area contributed by atoms with Crippen molar-refractivity contribution in [2.75, 3.05) is 38.2 Å². The van der Waals surface area contributed by atoms with E-state index in [-0.39, 0.29) is 5.76 Å². The summed E-state index contributed by atoms with van der Waals surface area (Å²) in [6.07, 6.45) is 6.39. The third-order valence-corrected chi connectivity index (χ3v) is 7.08. The maximum absolute atomic E-state index is 13.4. The minimum absolute atomic E-state index is 0.200. The van der Waals surface area contributed by atoms with Crippen molar-refractivity contribution in [2.45, 2.75) is 10.9 Å². The highest BCUT2D eigenvalue weighted by Gasteiger charge is 2.31. The quantitative estimate of drug-likeness (QED) is 0.517. The lowest BCUT2D eigenvalue weighted by Gasteiger charge is -2.28. The van der Waals surface area contributed by atoms with Crippen LogP contribution in [0.25, 0.3) is 0 Å². The lowest BCUT2D eigenvalue weighted by atomic mass is 10.0.